The highest BCUT2D eigenvalue weighted by Gasteiger charge is 2.49. The standard InChI is InChI=1S/C14H18BrF3N2O3S/c1-13(2,3)20-10(7-19-12(21)14(16,17)18)9-6-8(15)4-5-11(9)24(20,22)23/h4-6,10,22-23H,7H2,1-3H3,(H,19,21). The molecule has 1 aromatic rings. The first-order valence-electron chi connectivity index (χ1n) is 6.98. The van der Waals surface area contributed by atoms with Crippen molar-refractivity contribution in [3.63, 3.8) is 0 Å². The first-order chi connectivity index (χ1) is 10.8. The maximum absolute atomic E-state index is 12.4. The molecule has 0 aliphatic carbocycles. The Morgan fingerprint density at radius 1 is 1.33 bits per heavy atom. The summed E-state index contributed by atoms with van der Waals surface area (Å²) < 4.78 is 60.6. The number of halogens is 4. The Hall–Kier alpha value is -0.810. The minimum absolute atomic E-state index is 0.256. The van der Waals surface area contributed by atoms with E-state index in [4.69, 9.17) is 0 Å². The highest BCUT2D eigenvalue weighted by Crippen LogP contribution is 2.65. The lowest BCUT2D eigenvalue weighted by Crippen LogP contribution is -2.47. The second-order valence-corrected chi connectivity index (χ2v) is 9.21. The molecule has 0 bridgehead atoms. The van der Waals surface area contributed by atoms with Gasteiger partial charge in [0.25, 0.3) is 0 Å². The summed E-state index contributed by atoms with van der Waals surface area (Å²) in [6.07, 6.45) is -4.99. The number of hydrogen-bond donors (Lipinski definition) is 3. The predicted molar refractivity (Wildman–Crippen MR) is 88.7 cm³/mol. The van der Waals surface area contributed by atoms with Gasteiger partial charge in [-0.05, 0) is 44.5 Å². The number of alkyl halides is 3. The fraction of sp³-hybridized carbons (Fsp3) is 0.500. The zero-order valence-electron chi connectivity index (χ0n) is 13.2. The molecule has 1 aromatic carbocycles. The van der Waals surface area contributed by atoms with Gasteiger partial charge in [0.1, 0.15) is 0 Å². The van der Waals surface area contributed by atoms with Crippen LogP contribution in [0.5, 0.6) is 0 Å². The fourth-order valence-electron chi connectivity index (χ4n) is 2.77. The van der Waals surface area contributed by atoms with Crippen molar-refractivity contribution in [1.82, 2.24) is 9.62 Å². The smallest absolute Gasteiger partial charge is 0.346 e. The quantitative estimate of drug-likeness (QED) is 0.653. The molecule has 24 heavy (non-hydrogen) atoms. The van der Waals surface area contributed by atoms with Crippen LogP contribution in [0.15, 0.2) is 27.6 Å². The van der Waals surface area contributed by atoms with Crippen molar-refractivity contribution in [2.75, 3.05) is 6.54 Å². The van der Waals surface area contributed by atoms with Gasteiger partial charge >= 0.3 is 12.1 Å². The maximum Gasteiger partial charge on any atom is 0.471 e. The fourth-order valence-corrected chi connectivity index (χ4v) is 5.43. The largest absolute Gasteiger partial charge is 0.471 e. The maximum atomic E-state index is 12.4. The summed E-state index contributed by atoms with van der Waals surface area (Å²) in [5.41, 5.74) is -0.278. The number of benzene rings is 1. The Bertz CT molecular complexity index is 662. The van der Waals surface area contributed by atoms with Gasteiger partial charge in [-0.15, -0.1) is 10.8 Å². The van der Waals surface area contributed by atoms with Gasteiger partial charge < -0.3 is 5.32 Å². The van der Waals surface area contributed by atoms with E-state index in [-0.39, 0.29) is 4.90 Å². The van der Waals surface area contributed by atoms with E-state index >= 15 is 0 Å². The Balaban J connectivity index is 2.43. The molecule has 2 rings (SSSR count). The summed E-state index contributed by atoms with van der Waals surface area (Å²) in [6.45, 7) is 4.77. The van der Waals surface area contributed by atoms with Crippen molar-refractivity contribution in [2.24, 2.45) is 0 Å². The van der Waals surface area contributed by atoms with E-state index in [1.165, 1.54) is 10.4 Å². The Labute approximate surface area is 147 Å². The van der Waals surface area contributed by atoms with E-state index in [0.717, 1.165) is 0 Å². The van der Waals surface area contributed by atoms with Gasteiger partial charge in [0.05, 0.1) is 10.9 Å². The number of amides is 1. The second-order valence-electron chi connectivity index (χ2n) is 6.42. The van der Waals surface area contributed by atoms with Crippen LogP contribution >= 0.6 is 26.7 Å². The third-order valence-electron chi connectivity index (χ3n) is 3.56. The third-order valence-corrected chi connectivity index (χ3v) is 6.36. The van der Waals surface area contributed by atoms with Crippen molar-refractivity contribution >= 4 is 32.6 Å². The predicted octanol–water partition coefficient (Wildman–Crippen LogP) is 4.31. The highest BCUT2D eigenvalue weighted by molar-refractivity contribution is 9.10. The summed E-state index contributed by atoms with van der Waals surface area (Å²) in [4.78, 5) is 11.4. The summed E-state index contributed by atoms with van der Waals surface area (Å²) in [5.74, 6) is -2.06. The SMILES string of the molecule is CC(C)(C)N1C(CNC(=O)C(F)(F)F)c2cc(Br)ccc2S1(O)O. The number of fused-ring (bicyclic) bond motifs is 1. The van der Waals surface area contributed by atoms with Crippen molar-refractivity contribution in [1.29, 1.82) is 0 Å². The van der Waals surface area contributed by atoms with Crippen LogP contribution in [0.25, 0.3) is 0 Å². The molecule has 5 nitrogen and oxygen atoms in total. The first kappa shape index (κ1) is 19.5. The molecular weight excluding hydrogens is 413 g/mol. The molecule has 1 amide bonds. The number of carbonyl (C=O) groups excluding carboxylic acids is 1. The van der Waals surface area contributed by atoms with Crippen LogP contribution in [0.2, 0.25) is 0 Å². The summed E-state index contributed by atoms with van der Waals surface area (Å²) >= 11 is 3.27. The van der Waals surface area contributed by atoms with E-state index in [9.17, 15) is 27.1 Å². The average molecular weight is 431 g/mol. The average Bonchev–Trinajstić information content (AvgIpc) is 2.61. The number of nitrogens with one attached hydrogen (secondary N) is 1. The zero-order valence-corrected chi connectivity index (χ0v) is 15.6. The summed E-state index contributed by atoms with van der Waals surface area (Å²) in [6, 6.07) is 3.98. The van der Waals surface area contributed by atoms with Gasteiger partial charge in [0, 0.05) is 16.6 Å². The van der Waals surface area contributed by atoms with Crippen LogP contribution in [-0.2, 0) is 4.79 Å². The molecule has 0 aromatic heterocycles. The van der Waals surface area contributed by atoms with Gasteiger partial charge in [0.15, 0.2) is 0 Å². The topological polar surface area (TPSA) is 72.8 Å². The normalized spacial score (nSPS) is 22.1. The number of hydrogen-bond acceptors (Lipinski definition) is 4. The molecule has 10 heteroatoms. The molecule has 1 heterocycles. The van der Waals surface area contributed by atoms with Crippen LogP contribution in [0.3, 0.4) is 0 Å². The molecule has 0 radical (unpaired) electrons. The highest BCUT2D eigenvalue weighted by atomic mass is 79.9. The number of carbonyl (C=O) groups is 1. The molecule has 136 valence electrons. The monoisotopic (exact) mass is 430 g/mol. The third kappa shape index (κ3) is 3.57. The van der Waals surface area contributed by atoms with Crippen molar-refractivity contribution in [3.8, 4) is 0 Å². The van der Waals surface area contributed by atoms with Gasteiger partial charge in [0.2, 0.25) is 0 Å². The van der Waals surface area contributed by atoms with Crippen LogP contribution in [0.1, 0.15) is 32.4 Å². The molecule has 1 atom stereocenters. The van der Waals surface area contributed by atoms with Crippen LogP contribution in [0.4, 0.5) is 13.2 Å². The lowest BCUT2D eigenvalue weighted by molar-refractivity contribution is -0.173. The molecule has 0 spiro atoms. The van der Waals surface area contributed by atoms with E-state index in [1.807, 2.05) is 5.32 Å². The molecule has 1 unspecified atom stereocenters. The van der Waals surface area contributed by atoms with E-state index < -0.39 is 41.0 Å². The minimum atomic E-state index is -4.99. The second kappa shape index (κ2) is 6.17. The minimum Gasteiger partial charge on any atom is -0.346 e. The number of nitrogens with zero attached hydrogens (tertiary/aromatic N) is 1. The van der Waals surface area contributed by atoms with Gasteiger partial charge in [-0.2, -0.15) is 17.5 Å². The van der Waals surface area contributed by atoms with Gasteiger partial charge in [-0.3, -0.25) is 13.9 Å². The van der Waals surface area contributed by atoms with E-state index in [0.29, 0.717) is 10.0 Å². The van der Waals surface area contributed by atoms with Crippen LogP contribution in [-0.4, -0.2) is 37.6 Å². The van der Waals surface area contributed by atoms with Crippen LogP contribution < -0.4 is 5.32 Å². The zero-order chi connectivity index (χ0) is 18.5. The summed E-state index contributed by atoms with van der Waals surface area (Å²) in [5, 5.41) is 1.83. The Morgan fingerprint density at radius 3 is 2.42 bits per heavy atom. The van der Waals surface area contributed by atoms with E-state index in [1.54, 1.807) is 32.9 Å². The number of rotatable bonds is 2. The molecule has 0 saturated carbocycles. The molecule has 0 saturated heterocycles. The molecular formula is C14H18BrF3N2O3S. The van der Waals surface area contributed by atoms with Crippen molar-refractivity contribution in [2.45, 2.75) is 43.4 Å². The summed E-state index contributed by atoms with van der Waals surface area (Å²) in [7, 11) is -3.37. The van der Waals surface area contributed by atoms with E-state index in [2.05, 4.69) is 15.9 Å². The Morgan fingerprint density at radius 2 is 1.92 bits per heavy atom. The van der Waals surface area contributed by atoms with Crippen LogP contribution in [0, 0.1) is 0 Å². The molecule has 1 aliphatic heterocycles. The van der Waals surface area contributed by atoms with Crippen molar-refractivity contribution in [3.05, 3.63) is 28.2 Å². The van der Waals surface area contributed by atoms with Gasteiger partial charge in [-0.25, -0.2) is 0 Å². The first-order valence-corrected chi connectivity index (χ1v) is 9.28. The van der Waals surface area contributed by atoms with Crippen molar-refractivity contribution < 1.29 is 27.1 Å². The molecule has 1 aliphatic rings. The lowest BCUT2D eigenvalue weighted by Gasteiger charge is -2.47. The molecule has 0 fully saturated rings. The molecule has 3 N–H and O–H groups in total. The lowest BCUT2D eigenvalue weighted by atomic mass is 10.0. The Kier molecular flexibility index (Phi) is 5.02. The van der Waals surface area contributed by atoms with Gasteiger partial charge in [-0.1, -0.05) is 15.9 Å².